The molecule has 0 radical (unpaired) electrons. The molecule has 1 nitrogen and oxygen atoms in total. The summed E-state index contributed by atoms with van der Waals surface area (Å²) in [6, 6.07) is 8.82. The maximum absolute atomic E-state index is 6.35. The van der Waals surface area contributed by atoms with E-state index in [0.29, 0.717) is 12.0 Å². The van der Waals surface area contributed by atoms with Crippen molar-refractivity contribution in [3.8, 4) is 0 Å². The molecule has 1 atom stereocenters. The molecule has 0 aliphatic rings. The van der Waals surface area contributed by atoms with E-state index in [0.717, 1.165) is 10.9 Å². The van der Waals surface area contributed by atoms with Gasteiger partial charge in [0.1, 0.15) is 0 Å². The summed E-state index contributed by atoms with van der Waals surface area (Å²) in [5.41, 5.74) is 7.69. The fourth-order valence-electron chi connectivity index (χ4n) is 2.37. The Morgan fingerprint density at radius 2 is 1.59 bits per heavy atom. The lowest BCUT2D eigenvalue weighted by molar-refractivity contribution is 0.360. The molecule has 0 bridgehead atoms. The first-order chi connectivity index (χ1) is 8.17. The fourth-order valence-corrected chi connectivity index (χ4v) is 2.64. The van der Waals surface area contributed by atoms with Gasteiger partial charge < -0.3 is 5.73 Å². The second-order valence-corrected chi connectivity index (χ2v) is 5.75. The molecular formula is C15H24BrN. The Labute approximate surface area is 114 Å². The van der Waals surface area contributed by atoms with Crippen molar-refractivity contribution in [1.29, 1.82) is 0 Å². The summed E-state index contributed by atoms with van der Waals surface area (Å²) in [5.74, 6) is 0.675. The van der Waals surface area contributed by atoms with Crippen molar-refractivity contribution in [3.63, 3.8) is 0 Å². The van der Waals surface area contributed by atoms with Crippen LogP contribution in [0.15, 0.2) is 28.7 Å². The van der Waals surface area contributed by atoms with Crippen LogP contribution in [-0.2, 0) is 6.42 Å². The van der Waals surface area contributed by atoms with E-state index >= 15 is 0 Å². The summed E-state index contributed by atoms with van der Waals surface area (Å²) >= 11 is 3.46. The van der Waals surface area contributed by atoms with Crippen molar-refractivity contribution in [3.05, 3.63) is 34.3 Å². The van der Waals surface area contributed by atoms with Crippen LogP contribution in [-0.4, -0.2) is 6.04 Å². The van der Waals surface area contributed by atoms with Crippen LogP contribution in [0, 0.1) is 5.92 Å². The van der Waals surface area contributed by atoms with Gasteiger partial charge in [0.25, 0.3) is 0 Å². The van der Waals surface area contributed by atoms with Gasteiger partial charge in [0.05, 0.1) is 0 Å². The van der Waals surface area contributed by atoms with E-state index in [-0.39, 0.29) is 0 Å². The van der Waals surface area contributed by atoms with Crippen molar-refractivity contribution in [1.82, 2.24) is 0 Å². The Hall–Kier alpha value is -0.340. The minimum absolute atomic E-state index is 0.302. The summed E-state index contributed by atoms with van der Waals surface area (Å²) in [5, 5.41) is 0. The van der Waals surface area contributed by atoms with Crippen LogP contribution in [0.4, 0.5) is 0 Å². The number of benzene rings is 1. The molecule has 0 saturated heterocycles. The average Bonchev–Trinajstić information content (AvgIpc) is 2.32. The van der Waals surface area contributed by atoms with Crippen molar-refractivity contribution in [2.75, 3.05) is 0 Å². The van der Waals surface area contributed by atoms with Gasteiger partial charge in [0, 0.05) is 10.5 Å². The predicted molar refractivity (Wildman–Crippen MR) is 79.1 cm³/mol. The lowest BCUT2D eigenvalue weighted by Gasteiger charge is -2.23. The molecule has 0 aliphatic carbocycles. The molecular weight excluding hydrogens is 274 g/mol. The van der Waals surface area contributed by atoms with E-state index in [1.165, 1.54) is 31.2 Å². The fraction of sp³-hybridized carbons (Fsp3) is 0.600. The molecule has 0 aromatic heterocycles. The highest BCUT2D eigenvalue weighted by Crippen LogP contribution is 2.20. The van der Waals surface area contributed by atoms with Gasteiger partial charge in [-0.25, -0.2) is 0 Å². The number of rotatable bonds is 7. The van der Waals surface area contributed by atoms with Gasteiger partial charge in [-0.1, -0.05) is 54.8 Å². The third-order valence-corrected chi connectivity index (χ3v) is 3.84. The SMILES string of the molecule is CCCC(CCC)C(N)Cc1ccc(Br)cc1. The molecule has 0 aliphatic heterocycles. The van der Waals surface area contributed by atoms with E-state index in [1.54, 1.807) is 0 Å². The van der Waals surface area contributed by atoms with E-state index in [9.17, 15) is 0 Å². The molecule has 0 saturated carbocycles. The highest BCUT2D eigenvalue weighted by atomic mass is 79.9. The maximum Gasteiger partial charge on any atom is 0.0175 e. The second-order valence-electron chi connectivity index (χ2n) is 4.83. The normalized spacial score (nSPS) is 13.0. The van der Waals surface area contributed by atoms with E-state index in [1.807, 2.05) is 0 Å². The Bertz CT molecular complexity index is 301. The Balaban J connectivity index is 2.55. The summed E-state index contributed by atoms with van der Waals surface area (Å²) in [6.45, 7) is 4.49. The first-order valence-corrected chi connectivity index (χ1v) is 7.46. The van der Waals surface area contributed by atoms with Gasteiger partial charge in [0.15, 0.2) is 0 Å². The van der Waals surface area contributed by atoms with E-state index in [2.05, 4.69) is 54.0 Å². The standard InChI is InChI=1S/C15H24BrN/c1-3-5-13(6-4-2)15(17)11-12-7-9-14(16)10-8-12/h7-10,13,15H,3-6,11,17H2,1-2H3. The van der Waals surface area contributed by atoms with E-state index < -0.39 is 0 Å². The number of hydrogen-bond donors (Lipinski definition) is 1. The number of halogens is 1. The molecule has 0 spiro atoms. The van der Waals surface area contributed by atoms with Crippen LogP contribution in [0.25, 0.3) is 0 Å². The Morgan fingerprint density at radius 1 is 1.06 bits per heavy atom. The summed E-state index contributed by atoms with van der Waals surface area (Å²) < 4.78 is 1.13. The van der Waals surface area contributed by atoms with Crippen LogP contribution in [0.5, 0.6) is 0 Å². The average molecular weight is 298 g/mol. The predicted octanol–water partition coefficient (Wildman–Crippen LogP) is 4.54. The highest BCUT2D eigenvalue weighted by molar-refractivity contribution is 9.10. The van der Waals surface area contributed by atoms with Crippen molar-refractivity contribution >= 4 is 15.9 Å². The summed E-state index contributed by atoms with van der Waals surface area (Å²) in [6.07, 6.45) is 5.98. The molecule has 2 N–H and O–H groups in total. The molecule has 1 aromatic rings. The molecule has 1 aromatic carbocycles. The van der Waals surface area contributed by atoms with Gasteiger partial charge >= 0.3 is 0 Å². The van der Waals surface area contributed by atoms with Crippen LogP contribution in [0.2, 0.25) is 0 Å². The lowest BCUT2D eigenvalue weighted by atomic mass is 9.87. The van der Waals surface area contributed by atoms with Crippen molar-refractivity contribution < 1.29 is 0 Å². The zero-order valence-electron chi connectivity index (χ0n) is 11.0. The quantitative estimate of drug-likeness (QED) is 0.786. The summed E-state index contributed by atoms with van der Waals surface area (Å²) in [4.78, 5) is 0. The first kappa shape index (κ1) is 14.7. The van der Waals surface area contributed by atoms with Crippen molar-refractivity contribution in [2.24, 2.45) is 11.7 Å². The molecule has 0 heterocycles. The largest absolute Gasteiger partial charge is 0.327 e. The lowest BCUT2D eigenvalue weighted by Crippen LogP contribution is -2.32. The first-order valence-electron chi connectivity index (χ1n) is 6.67. The number of hydrogen-bond acceptors (Lipinski definition) is 1. The minimum Gasteiger partial charge on any atom is -0.327 e. The monoisotopic (exact) mass is 297 g/mol. The molecule has 1 rings (SSSR count). The third-order valence-electron chi connectivity index (χ3n) is 3.31. The van der Waals surface area contributed by atoms with E-state index in [4.69, 9.17) is 5.73 Å². The van der Waals surface area contributed by atoms with Gasteiger partial charge in [-0.2, -0.15) is 0 Å². The number of nitrogens with two attached hydrogens (primary N) is 1. The van der Waals surface area contributed by atoms with Crippen molar-refractivity contribution in [2.45, 2.75) is 52.0 Å². The summed E-state index contributed by atoms with van der Waals surface area (Å²) in [7, 11) is 0. The third kappa shape index (κ3) is 5.22. The van der Waals surface area contributed by atoms with Gasteiger partial charge in [-0.05, 0) is 42.9 Å². The van der Waals surface area contributed by atoms with Gasteiger partial charge in [-0.15, -0.1) is 0 Å². The van der Waals surface area contributed by atoms with Crippen LogP contribution >= 0.6 is 15.9 Å². The van der Waals surface area contributed by atoms with Gasteiger partial charge in [0.2, 0.25) is 0 Å². The minimum atomic E-state index is 0.302. The molecule has 0 amide bonds. The zero-order valence-corrected chi connectivity index (χ0v) is 12.5. The maximum atomic E-state index is 6.35. The zero-order chi connectivity index (χ0) is 12.7. The molecule has 0 fully saturated rings. The second kappa shape index (κ2) is 7.88. The highest BCUT2D eigenvalue weighted by Gasteiger charge is 2.16. The van der Waals surface area contributed by atoms with Crippen LogP contribution in [0.1, 0.15) is 45.1 Å². The van der Waals surface area contributed by atoms with Crippen LogP contribution < -0.4 is 5.73 Å². The smallest absolute Gasteiger partial charge is 0.0175 e. The molecule has 96 valence electrons. The molecule has 2 heteroatoms. The molecule has 17 heavy (non-hydrogen) atoms. The topological polar surface area (TPSA) is 26.0 Å². The van der Waals surface area contributed by atoms with Gasteiger partial charge in [-0.3, -0.25) is 0 Å². The Kier molecular flexibility index (Phi) is 6.83. The Morgan fingerprint density at radius 3 is 2.06 bits per heavy atom. The van der Waals surface area contributed by atoms with Crippen LogP contribution in [0.3, 0.4) is 0 Å². The molecule has 1 unspecified atom stereocenters.